The molecule has 0 atom stereocenters. The molecule has 5 heteroatoms. The summed E-state index contributed by atoms with van der Waals surface area (Å²) in [5, 5.41) is 0. The van der Waals surface area contributed by atoms with Crippen molar-refractivity contribution in [2.75, 3.05) is 25.9 Å². The maximum Gasteiger partial charge on any atom is 0.123 e. The first kappa shape index (κ1) is 16.8. The first-order valence-electron chi connectivity index (χ1n) is 8.99. The Morgan fingerprint density at radius 3 is 2.50 bits per heavy atom. The highest BCUT2D eigenvalue weighted by Gasteiger charge is 2.22. The van der Waals surface area contributed by atoms with Crippen molar-refractivity contribution in [3.8, 4) is 22.4 Å². The van der Waals surface area contributed by atoms with Crippen LogP contribution < -0.4 is 5.73 Å². The highest BCUT2D eigenvalue weighted by Crippen LogP contribution is 2.37. The number of pyridine rings is 1. The van der Waals surface area contributed by atoms with Gasteiger partial charge in [-0.25, -0.2) is 9.37 Å². The number of nitrogens with zero attached hydrogens (tertiary/aromatic N) is 2. The van der Waals surface area contributed by atoms with Gasteiger partial charge < -0.3 is 15.6 Å². The molecule has 0 spiro atoms. The van der Waals surface area contributed by atoms with Gasteiger partial charge in [0, 0.05) is 23.4 Å². The van der Waals surface area contributed by atoms with Gasteiger partial charge >= 0.3 is 0 Å². The van der Waals surface area contributed by atoms with E-state index in [4.69, 9.17) is 5.73 Å². The number of aromatic amines is 1. The molecule has 0 bridgehead atoms. The molecule has 1 aromatic carbocycles. The summed E-state index contributed by atoms with van der Waals surface area (Å²) in [7, 11) is 2.17. The van der Waals surface area contributed by atoms with Crippen LogP contribution in [0.1, 0.15) is 24.5 Å². The third-order valence-corrected chi connectivity index (χ3v) is 5.22. The zero-order valence-electron chi connectivity index (χ0n) is 14.9. The molecule has 1 fully saturated rings. The predicted molar refractivity (Wildman–Crippen MR) is 103 cm³/mol. The fourth-order valence-electron chi connectivity index (χ4n) is 3.70. The molecule has 134 valence electrons. The Balaban J connectivity index is 1.78. The molecule has 4 rings (SSSR count). The minimum Gasteiger partial charge on any atom is -0.384 e. The molecular formula is C21H23FN4. The number of nitrogens with two attached hydrogens (primary N) is 1. The molecule has 1 aliphatic heterocycles. The number of anilines is 1. The molecule has 3 N–H and O–H groups in total. The van der Waals surface area contributed by atoms with E-state index in [2.05, 4.69) is 28.0 Å². The van der Waals surface area contributed by atoms with Gasteiger partial charge in [0.25, 0.3) is 0 Å². The van der Waals surface area contributed by atoms with E-state index in [1.165, 1.54) is 17.8 Å². The maximum absolute atomic E-state index is 13.4. The van der Waals surface area contributed by atoms with Gasteiger partial charge in [-0.3, -0.25) is 0 Å². The van der Waals surface area contributed by atoms with Gasteiger partial charge in [0.15, 0.2) is 0 Å². The van der Waals surface area contributed by atoms with Crippen LogP contribution in [0.3, 0.4) is 0 Å². The zero-order chi connectivity index (χ0) is 18.1. The number of piperidine rings is 1. The van der Waals surface area contributed by atoms with E-state index in [0.29, 0.717) is 11.7 Å². The quantitative estimate of drug-likeness (QED) is 0.741. The summed E-state index contributed by atoms with van der Waals surface area (Å²) in [6.45, 7) is 2.21. The fourth-order valence-corrected chi connectivity index (χ4v) is 3.70. The number of likely N-dealkylation sites (tertiary alicyclic amines) is 1. The summed E-state index contributed by atoms with van der Waals surface area (Å²) in [6.07, 6.45) is 4.00. The maximum atomic E-state index is 13.4. The average molecular weight is 350 g/mol. The van der Waals surface area contributed by atoms with Crippen LogP contribution in [0, 0.1) is 5.82 Å². The Bertz CT molecular complexity index is 893. The summed E-state index contributed by atoms with van der Waals surface area (Å²) in [6, 6.07) is 12.7. The number of benzene rings is 1. The van der Waals surface area contributed by atoms with Crippen molar-refractivity contribution in [3.63, 3.8) is 0 Å². The fraction of sp³-hybridized carbons (Fsp3) is 0.286. The van der Waals surface area contributed by atoms with Gasteiger partial charge in [0.2, 0.25) is 0 Å². The van der Waals surface area contributed by atoms with Crippen LogP contribution in [0.4, 0.5) is 10.2 Å². The normalized spacial score (nSPS) is 16.1. The van der Waals surface area contributed by atoms with Crippen molar-refractivity contribution in [2.45, 2.75) is 18.8 Å². The average Bonchev–Trinajstić information content (AvgIpc) is 3.08. The topological polar surface area (TPSA) is 57.9 Å². The van der Waals surface area contributed by atoms with Gasteiger partial charge in [0.05, 0.1) is 5.69 Å². The Morgan fingerprint density at radius 2 is 1.81 bits per heavy atom. The summed E-state index contributed by atoms with van der Waals surface area (Å²) >= 11 is 0. The van der Waals surface area contributed by atoms with Crippen LogP contribution in [0.5, 0.6) is 0 Å². The molecule has 0 unspecified atom stereocenters. The Kier molecular flexibility index (Phi) is 4.47. The number of rotatable bonds is 3. The molecule has 1 saturated heterocycles. The highest BCUT2D eigenvalue weighted by atomic mass is 19.1. The van der Waals surface area contributed by atoms with Crippen LogP contribution in [0.2, 0.25) is 0 Å². The van der Waals surface area contributed by atoms with Crippen molar-refractivity contribution in [3.05, 3.63) is 60.2 Å². The summed E-state index contributed by atoms with van der Waals surface area (Å²) in [5.41, 5.74) is 11.2. The van der Waals surface area contributed by atoms with E-state index < -0.39 is 0 Å². The third-order valence-electron chi connectivity index (χ3n) is 5.22. The van der Waals surface area contributed by atoms with E-state index in [1.807, 2.05) is 24.3 Å². The molecule has 0 radical (unpaired) electrons. The smallest absolute Gasteiger partial charge is 0.123 e. The lowest BCUT2D eigenvalue weighted by atomic mass is 9.93. The number of hydrogen-bond acceptors (Lipinski definition) is 3. The van der Waals surface area contributed by atoms with Crippen molar-refractivity contribution in [1.82, 2.24) is 14.9 Å². The second-order valence-corrected chi connectivity index (χ2v) is 7.07. The Labute approximate surface area is 152 Å². The van der Waals surface area contributed by atoms with E-state index in [0.717, 1.165) is 48.3 Å². The van der Waals surface area contributed by atoms with Crippen molar-refractivity contribution in [2.24, 2.45) is 0 Å². The molecule has 1 aliphatic rings. The predicted octanol–water partition coefficient (Wildman–Crippen LogP) is 4.27. The van der Waals surface area contributed by atoms with E-state index in [9.17, 15) is 4.39 Å². The molecule has 4 nitrogen and oxygen atoms in total. The van der Waals surface area contributed by atoms with Gasteiger partial charge in [-0.2, -0.15) is 0 Å². The Morgan fingerprint density at radius 1 is 1.08 bits per heavy atom. The minimum atomic E-state index is -0.231. The molecule has 2 aromatic heterocycles. The van der Waals surface area contributed by atoms with Crippen molar-refractivity contribution < 1.29 is 4.39 Å². The molecule has 3 aromatic rings. The second kappa shape index (κ2) is 6.92. The van der Waals surface area contributed by atoms with Crippen LogP contribution >= 0.6 is 0 Å². The van der Waals surface area contributed by atoms with Crippen molar-refractivity contribution >= 4 is 5.82 Å². The molecule has 0 saturated carbocycles. The molecule has 0 aliphatic carbocycles. The first-order valence-corrected chi connectivity index (χ1v) is 8.99. The monoisotopic (exact) mass is 350 g/mol. The number of halogens is 1. The van der Waals surface area contributed by atoms with Gasteiger partial charge in [0.1, 0.15) is 11.6 Å². The zero-order valence-corrected chi connectivity index (χ0v) is 14.9. The first-order chi connectivity index (χ1) is 12.6. The number of nitrogens with one attached hydrogen (secondary N) is 1. The minimum absolute atomic E-state index is 0.231. The SMILES string of the molecule is CN1CCC(c2cc(-c3ccnc(N)c3)c(-c3ccc(F)cc3)[nH]2)CC1. The van der Waals surface area contributed by atoms with Gasteiger partial charge in [-0.05, 0) is 86.6 Å². The van der Waals surface area contributed by atoms with Crippen LogP contribution in [-0.2, 0) is 0 Å². The van der Waals surface area contributed by atoms with Crippen LogP contribution in [-0.4, -0.2) is 35.0 Å². The van der Waals surface area contributed by atoms with Crippen LogP contribution in [0.25, 0.3) is 22.4 Å². The van der Waals surface area contributed by atoms with E-state index >= 15 is 0 Å². The van der Waals surface area contributed by atoms with E-state index in [1.54, 1.807) is 6.20 Å². The second-order valence-electron chi connectivity index (χ2n) is 7.07. The summed E-state index contributed by atoms with van der Waals surface area (Å²) in [4.78, 5) is 10.1. The molecule has 26 heavy (non-hydrogen) atoms. The number of hydrogen-bond donors (Lipinski definition) is 2. The van der Waals surface area contributed by atoms with Gasteiger partial charge in [-0.1, -0.05) is 0 Å². The van der Waals surface area contributed by atoms with Crippen LogP contribution in [0.15, 0.2) is 48.7 Å². The van der Waals surface area contributed by atoms with Crippen molar-refractivity contribution in [1.29, 1.82) is 0 Å². The lowest BCUT2D eigenvalue weighted by Gasteiger charge is -2.28. The molecule has 0 amide bonds. The highest BCUT2D eigenvalue weighted by molar-refractivity contribution is 5.82. The lowest BCUT2D eigenvalue weighted by Crippen LogP contribution is -2.29. The lowest BCUT2D eigenvalue weighted by molar-refractivity contribution is 0.253. The standard InChI is InChI=1S/C21H23FN4/c1-26-10-7-14(8-11-26)19-13-18(16-6-9-24-20(23)12-16)21(25-19)15-2-4-17(22)5-3-15/h2-6,9,12-14,25H,7-8,10-11H2,1H3,(H2,23,24). The molecular weight excluding hydrogens is 327 g/mol. The number of H-pyrrole nitrogens is 1. The van der Waals surface area contributed by atoms with Gasteiger partial charge in [-0.15, -0.1) is 0 Å². The Hall–Kier alpha value is -2.66. The largest absolute Gasteiger partial charge is 0.384 e. The number of aromatic nitrogens is 2. The summed E-state index contributed by atoms with van der Waals surface area (Å²) < 4.78 is 13.4. The third kappa shape index (κ3) is 3.35. The molecule has 3 heterocycles. The summed E-state index contributed by atoms with van der Waals surface area (Å²) in [5.74, 6) is 0.776. The van der Waals surface area contributed by atoms with E-state index in [-0.39, 0.29) is 5.82 Å². The number of nitrogen functional groups attached to an aromatic ring is 1.